The molecule has 0 radical (unpaired) electrons. The van der Waals surface area contributed by atoms with E-state index in [1.54, 1.807) is 14.0 Å². The Morgan fingerprint density at radius 3 is 2.50 bits per heavy atom. The Kier molecular flexibility index (Phi) is 3.96. The molecule has 1 rings (SSSR count). The first-order chi connectivity index (χ1) is 7.38. The number of hydrogen-bond acceptors (Lipinski definition) is 2. The summed E-state index contributed by atoms with van der Waals surface area (Å²) in [4.78, 5) is 0. The summed E-state index contributed by atoms with van der Waals surface area (Å²) in [5, 5.41) is 6.91. The molecule has 1 aromatic rings. The van der Waals surface area contributed by atoms with Crippen molar-refractivity contribution < 1.29 is 13.2 Å². The van der Waals surface area contributed by atoms with Crippen LogP contribution < -0.4 is 5.32 Å². The van der Waals surface area contributed by atoms with Crippen LogP contribution in [0.5, 0.6) is 0 Å². The monoisotopic (exact) mass is 235 g/mol. The minimum absolute atomic E-state index is 0.112. The standard InChI is InChI=1S/C10H16F3N3/c1-4-16-9(10(11,12)13)6-8(15-16)5-7(2)14-3/h6-7,14H,4-5H2,1-3H3. The van der Waals surface area contributed by atoms with E-state index in [2.05, 4.69) is 10.4 Å². The van der Waals surface area contributed by atoms with Gasteiger partial charge in [0.25, 0.3) is 0 Å². The van der Waals surface area contributed by atoms with Crippen LogP contribution in [0.1, 0.15) is 25.2 Å². The maximum absolute atomic E-state index is 12.6. The maximum atomic E-state index is 12.6. The first-order valence-corrected chi connectivity index (χ1v) is 5.19. The largest absolute Gasteiger partial charge is 0.433 e. The molecule has 0 bridgehead atoms. The van der Waals surface area contributed by atoms with Crippen LogP contribution in [0, 0.1) is 0 Å². The van der Waals surface area contributed by atoms with Gasteiger partial charge in [-0.3, -0.25) is 4.68 Å². The molecular weight excluding hydrogens is 219 g/mol. The molecule has 3 nitrogen and oxygen atoms in total. The molecule has 1 unspecified atom stereocenters. The van der Waals surface area contributed by atoms with E-state index < -0.39 is 11.9 Å². The van der Waals surface area contributed by atoms with E-state index in [1.165, 1.54) is 0 Å². The molecule has 0 aliphatic rings. The number of halogens is 3. The highest BCUT2D eigenvalue weighted by molar-refractivity contribution is 5.14. The molecule has 16 heavy (non-hydrogen) atoms. The summed E-state index contributed by atoms with van der Waals surface area (Å²) in [6.45, 7) is 3.77. The Balaban J connectivity index is 2.94. The van der Waals surface area contributed by atoms with Crippen LogP contribution in [0.15, 0.2) is 6.07 Å². The normalized spacial score (nSPS) is 14.1. The first-order valence-electron chi connectivity index (χ1n) is 5.19. The highest BCUT2D eigenvalue weighted by Crippen LogP contribution is 2.29. The molecule has 0 saturated carbocycles. The molecule has 0 aromatic carbocycles. The molecule has 92 valence electrons. The highest BCUT2D eigenvalue weighted by Gasteiger charge is 2.35. The van der Waals surface area contributed by atoms with Gasteiger partial charge in [0.2, 0.25) is 0 Å². The Hall–Kier alpha value is -1.04. The minimum atomic E-state index is -4.33. The topological polar surface area (TPSA) is 29.9 Å². The van der Waals surface area contributed by atoms with Crippen molar-refractivity contribution in [2.75, 3.05) is 7.05 Å². The lowest BCUT2D eigenvalue weighted by atomic mass is 10.2. The van der Waals surface area contributed by atoms with E-state index >= 15 is 0 Å². The molecule has 1 aromatic heterocycles. The summed E-state index contributed by atoms with van der Waals surface area (Å²) in [5.74, 6) is 0. The van der Waals surface area contributed by atoms with E-state index in [1.807, 2.05) is 6.92 Å². The van der Waals surface area contributed by atoms with Crippen LogP contribution in [0.4, 0.5) is 13.2 Å². The lowest BCUT2D eigenvalue weighted by molar-refractivity contribution is -0.144. The van der Waals surface area contributed by atoms with E-state index in [9.17, 15) is 13.2 Å². The Morgan fingerprint density at radius 1 is 1.50 bits per heavy atom. The van der Waals surface area contributed by atoms with Gasteiger partial charge in [0.1, 0.15) is 5.69 Å². The van der Waals surface area contributed by atoms with Crippen LogP contribution in [-0.4, -0.2) is 22.9 Å². The molecule has 0 aliphatic carbocycles. The molecule has 1 heterocycles. The second-order valence-corrected chi connectivity index (χ2v) is 3.73. The fourth-order valence-electron chi connectivity index (χ4n) is 1.45. The molecule has 0 fully saturated rings. The van der Waals surface area contributed by atoms with Crippen LogP contribution >= 0.6 is 0 Å². The van der Waals surface area contributed by atoms with Crippen molar-refractivity contribution in [3.05, 3.63) is 17.5 Å². The third-order valence-corrected chi connectivity index (χ3v) is 2.43. The molecule has 0 amide bonds. The summed E-state index contributed by atoms with van der Waals surface area (Å²) in [6, 6.07) is 1.23. The van der Waals surface area contributed by atoms with Crippen molar-refractivity contribution in [3.63, 3.8) is 0 Å². The van der Waals surface area contributed by atoms with Crippen LogP contribution in [0.2, 0.25) is 0 Å². The molecular formula is C10H16F3N3. The SMILES string of the molecule is CCn1nc(CC(C)NC)cc1C(F)(F)F. The number of aromatic nitrogens is 2. The number of nitrogens with one attached hydrogen (secondary N) is 1. The fraction of sp³-hybridized carbons (Fsp3) is 0.700. The second-order valence-electron chi connectivity index (χ2n) is 3.73. The van der Waals surface area contributed by atoms with Gasteiger partial charge in [0.05, 0.1) is 5.69 Å². The van der Waals surface area contributed by atoms with E-state index in [0.717, 1.165) is 10.7 Å². The van der Waals surface area contributed by atoms with Gasteiger partial charge in [-0.25, -0.2) is 0 Å². The highest BCUT2D eigenvalue weighted by atomic mass is 19.4. The van der Waals surface area contributed by atoms with E-state index in [4.69, 9.17) is 0 Å². The van der Waals surface area contributed by atoms with Crippen molar-refractivity contribution in [1.29, 1.82) is 0 Å². The van der Waals surface area contributed by atoms with Gasteiger partial charge in [0.15, 0.2) is 0 Å². The second kappa shape index (κ2) is 4.86. The summed E-state index contributed by atoms with van der Waals surface area (Å²) in [6.07, 6.45) is -3.84. The molecule has 1 atom stereocenters. The van der Waals surface area contributed by atoms with Gasteiger partial charge in [-0.05, 0) is 27.0 Å². The average molecular weight is 235 g/mol. The first kappa shape index (κ1) is 13.0. The Bertz CT molecular complexity index is 344. The predicted molar refractivity (Wildman–Crippen MR) is 55.1 cm³/mol. The lowest BCUT2D eigenvalue weighted by Crippen LogP contribution is -2.23. The van der Waals surface area contributed by atoms with Gasteiger partial charge < -0.3 is 5.32 Å². The molecule has 0 aliphatic heterocycles. The van der Waals surface area contributed by atoms with E-state index in [0.29, 0.717) is 12.1 Å². The molecule has 6 heteroatoms. The maximum Gasteiger partial charge on any atom is 0.433 e. The van der Waals surface area contributed by atoms with Gasteiger partial charge in [-0.1, -0.05) is 0 Å². The number of nitrogens with zero attached hydrogens (tertiary/aromatic N) is 2. The summed E-state index contributed by atoms with van der Waals surface area (Å²) < 4.78 is 38.8. The van der Waals surface area contributed by atoms with Crippen LogP contribution in [0.25, 0.3) is 0 Å². The van der Waals surface area contributed by atoms with Gasteiger partial charge in [-0.15, -0.1) is 0 Å². The number of hydrogen-bond donors (Lipinski definition) is 1. The molecule has 0 saturated heterocycles. The number of rotatable bonds is 4. The zero-order chi connectivity index (χ0) is 12.3. The smallest absolute Gasteiger partial charge is 0.317 e. The number of alkyl halides is 3. The predicted octanol–water partition coefficient (Wildman–Crippen LogP) is 2.07. The van der Waals surface area contributed by atoms with Crippen LogP contribution in [0.3, 0.4) is 0 Å². The Morgan fingerprint density at radius 2 is 2.12 bits per heavy atom. The molecule has 1 N–H and O–H groups in total. The van der Waals surface area contributed by atoms with Crippen molar-refractivity contribution in [2.24, 2.45) is 0 Å². The number of likely N-dealkylation sites (N-methyl/N-ethyl adjacent to an activating group) is 1. The lowest BCUT2D eigenvalue weighted by Gasteiger charge is -2.07. The van der Waals surface area contributed by atoms with E-state index in [-0.39, 0.29) is 12.6 Å². The average Bonchev–Trinajstić information content (AvgIpc) is 2.60. The zero-order valence-electron chi connectivity index (χ0n) is 9.60. The zero-order valence-corrected chi connectivity index (χ0v) is 9.60. The summed E-state index contributed by atoms with van der Waals surface area (Å²) >= 11 is 0. The fourth-order valence-corrected chi connectivity index (χ4v) is 1.45. The van der Waals surface area contributed by atoms with Crippen molar-refractivity contribution in [3.8, 4) is 0 Å². The minimum Gasteiger partial charge on any atom is -0.317 e. The summed E-state index contributed by atoms with van der Waals surface area (Å²) in [7, 11) is 1.77. The Labute approximate surface area is 92.6 Å². The number of aryl methyl sites for hydroxylation is 1. The van der Waals surface area contributed by atoms with Gasteiger partial charge in [0, 0.05) is 19.0 Å². The molecule has 0 spiro atoms. The van der Waals surface area contributed by atoms with Crippen molar-refractivity contribution in [1.82, 2.24) is 15.1 Å². The van der Waals surface area contributed by atoms with Crippen molar-refractivity contribution >= 4 is 0 Å². The third-order valence-electron chi connectivity index (χ3n) is 2.43. The van der Waals surface area contributed by atoms with Crippen molar-refractivity contribution in [2.45, 2.75) is 39.0 Å². The van der Waals surface area contributed by atoms with Gasteiger partial charge in [-0.2, -0.15) is 18.3 Å². The quantitative estimate of drug-likeness (QED) is 0.865. The van der Waals surface area contributed by atoms with Gasteiger partial charge >= 0.3 is 6.18 Å². The third kappa shape index (κ3) is 2.98. The van der Waals surface area contributed by atoms with Crippen LogP contribution in [-0.2, 0) is 19.1 Å². The summed E-state index contributed by atoms with van der Waals surface area (Å²) in [5.41, 5.74) is -0.204.